The molecule has 0 aromatic rings. The summed E-state index contributed by atoms with van der Waals surface area (Å²) >= 11 is 0. The third-order valence-corrected chi connectivity index (χ3v) is 3.88. The Morgan fingerprint density at radius 2 is 2.13 bits per heavy atom. The molecular formula is C16H26N2O5. The summed E-state index contributed by atoms with van der Waals surface area (Å²) < 4.78 is 5.21. The number of carbonyl (C=O) groups excluding carboxylic acids is 2. The quantitative estimate of drug-likeness (QED) is 0.501. The van der Waals surface area contributed by atoms with Crippen molar-refractivity contribution in [3.63, 3.8) is 0 Å². The number of allylic oxidation sites excluding steroid dienone is 2. The van der Waals surface area contributed by atoms with Gasteiger partial charge in [-0.3, -0.25) is 9.59 Å². The Morgan fingerprint density at radius 3 is 2.65 bits per heavy atom. The second-order valence-corrected chi connectivity index (χ2v) is 5.83. The molecule has 1 rings (SSSR count). The molecule has 0 fully saturated rings. The summed E-state index contributed by atoms with van der Waals surface area (Å²) in [5, 5.41) is 22.0. The van der Waals surface area contributed by atoms with Gasteiger partial charge in [0.1, 0.15) is 11.8 Å². The molecule has 1 aliphatic carbocycles. The average Bonchev–Trinajstić information content (AvgIpc) is 2.49. The van der Waals surface area contributed by atoms with E-state index in [1.165, 1.54) is 6.08 Å². The van der Waals surface area contributed by atoms with Crippen molar-refractivity contribution >= 4 is 11.8 Å². The minimum atomic E-state index is -1.00. The molecule has 0 saturated heterocycles. The van der Waals surface area contributed by atoms with Crippen LogP contribution in [-0.4, -0.2) is 41.3 Å². The molecule has 0 heterocycles. The van der Waals surface area contributed by atoms with Gasteiger partial charge in [0.2, 0.25) is 11.8 Å². The van der Waals surface area contributed by atoms with E-state index < -0.39 is 11.9 Å². The van der Waals surface area contributed by atoms with Crippen LogP contribution in [0, 0.1) is 11.8 Å². The highest BCUT2D eigenvalue weighted by molar-refractivity contribution is 5.90. The van der Waals surface area contributed by atoms with Gasteiger partial charge in [0.15, 0.2) is 5.76 Å². The normalized spacial score (nSPS) is 20.7. The zero-order valence-electron chi connectivity index (χ0n) is 13.8. The molecule has 7 nitrogen and oxygen atoms in total. The monoisotopic (exact) mass is 326 g/mol. The summed E-state index contributed by atoms with van der Waals surface area (Å²) in [6.07, 6.45) is 2.15. The number of primary amides is 1. The molecule has 0 radical (unpaired) electrons. The van der Waals surface area contributed by atoms with Crippen molar-refractivity contribution in [3.8, 4) is 0 Å². The summed E-state index contributed by atoms with van der Waals surface area (Å²) in [6.45, 7) is 6.37. The van der Waals surface area contributed by atoms with Crippen molar-refractivity contribution in [2.24, 2.45) is 17.6 Å². The van der Waals surface area contributed by atoms with Crippen LogP contribution in [0.25, 0.3) is 0 Å². The van der Waals surface area contributed by atoms with E-state index in [0.717, 1.165) is 0 Å². The van der Waals surface area contributed by atoms with E-state index in [9.17, 15) is 19.8 Å². The predicted molar refractivity (Wildman–Crippen MR) is 85.5 cm³/mol. The van der Waals surface area contributed by atoms with Gasteiger partial charge in [-0.05, 0) is 31.4 Å². The minimum absolute atomic E-state index is 0.131. The summed E-state index contributed by atoms with van der Waals surface area (Å²) in [6, 6.07) is -1.00. The Hall–Kier alpha value is -2.02. The Labute approximate surface area is 136 Å². The Morgan fingerprint density at radius 1 is 1.48 bits per heavy atom. The first-order valence-corrected chi connectivity index (χ1v) is 7.77. The highest BCUT2D eigenvalue weighted by Crippen LogP contribution is 2.28. The molecule has 0 aliphatic heterocycles. The van der Waals surface area contributed by atoms with Crippen molar-refractivity contribution < 1.29 is 24.5 Å². The lowest BCUT2D eigenvalue weighted by Gasteiger charge is -2.26. The highest BCUT2D eigenvalue weighted by Gasteiger charge is 2.30. The van der Waals surface area contributed by atoms with E-state index in [1.807, 2.05) is 6.92 Å². The number of amides is 2. The molecule has 23 heavy (non-hydrogen) atoms. The van der Waals surface area contributed by atoms with Crippen LogP contribution in [0.2, 0.25) is 0 Å². The van der Waals surface area contributed by atoms with Crippen molar-refractivity contribution in [2.75, 3.05) is 13.2 Å². The number of nitrogens with one attached hydrogen (secondary N) is 1. The molecule has 0 saturated carbocycles. The van der Waals surface area contributed by atoms with Crippen molar-refractivity contribution in [2.45, 2.75) is 39.7 Å². The zero-order chi connectivity index (χ0) is 17.6. The van der Waals surface area contributed by atoms with E-state index in [2.05, 4.69) is 5.32 Å². The second-order valence-electron chi connectivity index (χ2n) is 5.83. The molecule has 1 aliphatic rings. The zero-order valence-corrected chi connectivity index (χ0v) is 13.8. The third-order valence-electron chi connectivity index (χ3n) is 3.88. The van der Waals surface area contributed by atoms with E-state index in [4.69, 9.17) is 10.5 Å². The van der Waals surface area contributed by atoms with Gasteiger partial charge in [0, 0.05) is 25.0 Å². The Bertz CT molecular complexity index is 513. The molecule has 2 unspecified atom stereocenters. The van der Waals surface area contributed by atoms with Crippen molar-refractivity contribution in [1.29, 1.82) is 0 Å². The molecule has 0 aromatic heterocycles. The van der Waals surface area contributed by atoms with Crippen molar-refractivity contribution in [3.05, 3.63) is 23.2 Å². The first kappa shape index (κ1) is 19.0. The molecule has 0 aromatic carbocycles. The number of aliphatic hydroxyl groups excluding tert-OH is 2. The lowest BCUT2D eigenvalue weighted by Crippen LogP contribution is -2.48. The lowest BCUT2D eigenvalue weighted by molar-refractivity contribution is -0.129. The summed E-state index contributed by atoms with van der Waals surface area (Å²) in [7, 11) is 0. The molecule has 5 N–H and O–H groups in total. The summed E-state index contributed by atoms with van der Waals surface area (Å²) in [5.41, 5.74) is 5.86. The van der Waals surface area contributed by atoms with Crippen LogP contribution in [0.1, 0.15) is 33.6 Å². The molecule has 3 atom stereocenters. The number of hydrogen-bond acceptors (Lipinski definition) is 5. The van der Waals surface area contributed by atoms with E-state index >= 15 is 0 Å². The molecule has 2 amide bonds. The van der Waals surface area contributed by atoms with Crippen LogP contribution in [0.15, 0.2) is 23.2 Å². The fourth-order valence-electron chi connectivity index (χ4n) is 2.38. The summed E-state index contributed by atoms with van der Waals surface area (Å²) in [4.78, 5) is 23.9. The molecule has 0 bridgehead atoms. The van der Waals surface area contributed by atoms with Gasteiger partial charge in [-0.2, -0.15) is 0 Å². The van der Waals surface area contributed by atoms with Crippen LogP contribution >= 0.6 is 0 Å². The van der Waals surface area contributed by atoms with Crippen LogP contribution in [0.5, 0.6) is 0 Å². The molecule has 130 valence electrons. The lowest BCUT2D eigenvalue weighted by atomic mass is 9.88. The fraction of sp³-hybridized carbons (Fsp3) is 0.625. The van der Waals surface area contributed by atoms with Crippen LogP contribution < -0.4 is 11.1 Å². The van der Waals surface area contributed by atoms with Gasteiger partial charge in [-0.25, -0.2) is 0 Å². The standard InChI is InChI=1S/C16H26N2O5/c1-4-23-6-5-9(2)16(22)18-13(15(17)21)11-7-10(3)14(20)12(19)8-11/h8-10,13,19-20H,4-7H2,1-3H3,(H2,17,21)(H,18,22)/t9-,10?,13?/m0/s1. The number of aliphatic hydroxyl groups is 2. The highest BCUT2D eigenvalue weighted by atomic mass is 16.5. The number of ether oxygens (including phenoxy) is 1. The Kier molecular flexibility index (Phi) is 7.09. The number of nitrogens with two attached hydrogens (primary N) is 1. The largest absolute Gasteiger partial charge is 0.508 e. The van der Waals surface area contributed by atoms with Gasteiger partial charge in [0.05, 0.1) is 0 Å². The van der Waals surface area contributed by atoms with Crippen LogP contribution in [0.3, 0.4) is 0 Å². The minimum Gasteiger partial charge on any atom is -0.508 e. The smallest absolute Gasteiger partial charge is 0.244 e. The number of carbonyl (C=O) groups is 2. The molecule has 7 heteroatoms. The van der Waals surface area contributed by atoms with E-state index in [0.29, 0.717) is 31.6 Å². The summed E-state index contributed by atoms with van der Waals surface area (Å²) in [5.74, 6) is -2.12. The van der Waals surface area contributed by atoms with Gasteiger partial charge in [0.25, 0.3) is 0 Å². The van der Waals surface area contributed by atoms with Gasteiger partial charge < -0.3 is 26.0 Å². The maximum absolute atomic E-state index is 12.2. The van der Waals surface area contributed by atoms with E-state index in [-0.39, 0.29) is 29.3 Å². The Balaban J connectivity index is 2.79. The van der Waals surface area contributed by atoms with Gasteiger partial charge >= 0.3 is 0 Å². The number of rotatable bonds is 8. The fourth-order valence-corrected chi connectivity index (χ4v) is 2.38. The van der Waals surface area contributed by atoms with Crippen LogP contribution in [-0.2, 0) is 14.3 Å². The van der Waals surface area contributed by atoms with E-state index in [1.54, 1.807) is 13.8 Å². The third kappa shape index (κ3) is 5.28. The number of hydrogen-bond donors (Lipinski definition) is 4. The van der Waals surface area contributed by atoms with Crippen molar-refractivity contribution in [1.82, 2.24) is 5.32 Å². The van der Waals surface area contributed by atoms with Crippen LogP contribution in [0.4, 0.5) is 0 Å². The second kappa shape index (κ2) is 8.57. The average molecular weight is 326 g/mol. The molecule has 0 spiro atoms. The molecular weight excluding hydrogens is 300 g/mol. The SMILES string of the molecule is CCOCC[C@H](C)C(=O)NC(C(N)=O)C1=CC(O)=C(O)C(C)C1. The maximum atomic E-state index is 12.2. The maximum Gasteiger partial charge on any atom is 0.244 e. The first-order chi connectivity index (χ1) is 10.8. The van der Waals surface area contributed by atoms with Gasteiger partial charge in [-0.1, -0.05) is 13.8 Å². The topological polar surface area (TPSA) is 122 Å². The van der Waals surface area contributed by atoms with Gasteiger partial charge in [-0.15, -0.1) is 0 Å². The predicted octanol–water partition coefficient (Wildman–Crippen LogP) is 1.31. The first-order valence-electron chi connectivity index (χ1n) is 7.77.